The van der Waals surface area contributed by atoms with Crippen LogP contribution in [0.5, 0.6) is 0 Å². The van der Waals surface area contributed by atoms with E-state index >= 15 is 0 Å². The SMILES string of the molecule is Cc1cn2c(=O)n3c(c2cn1)C(=O)N(Cc1ccccc1)CC(O[Si](C)(C)C(C)(C)C)C3.Cc1cn2c(=O)n3c(c2cn1)C(=O)N(Cc1ccccc1)CC(O[Si](C)(C)C(C)(C)C)C3. The van der Waals surface area contributed by atoms with E-state index in [-0.39, 0.29) is 45.5 Å². The Balaban J connectivity index is 0.000000191. The number of aryl methyl sites for hydroxylation is 2. The highest BCUT2D eigenvalue weighted by atomic mass is 28.4. The Bertz CT molecular complexity index is 2610. The molecule has 0 fully saturated rings. The highest BCUT2D eigenvalue weighted by Gasteiger charge is 2.43. The second-order valence-corrected chi connectivity index (χ2v) is 29.9. The molecule has 64 heavy (non-hydrogen) atoms. The van der Waals surface area contributed by atoms with Crippen LogP contribution < -0.4 is 11.4 Å². The molecule has 0 aliphatic carbocycles. The van der Waals surface area contributed by atoms with Gasteiger partial charge in [-0.25, -0.2) is 9.59 Å². The third-order valence-corrected chi connectivity index (χ3v) is 22.5. The van der Waals surface area contributed by atoms with Gasteiger partial charge in [0.2, 0.25) is 0 Å². The average molecular weight is 905 g/mol. The molecule has 0 N–H and O–H groups in total. The molecule has 0 saturated heterocycles. The van der Waals surface area contributed by atoms with Gasteiger partial charge in [-0.3, -0.25) is 37.5 Å². The largest absolute Gasteiger partial charge is 0.410 e. The minimum Gasteiger partial charge on any atom is -0.410 e. The van der Waals surface area contributed by atoms with Gasteiger partial charge in [-0.05, 0) is 61.2 Å². The number of hydrogen-bond acceptors (Lipinski definition) is 8. The lowest BCUT2D eigenvalue weighted by atomic mass is 10.2. The van der Waals surface area contributed by atoms with Gasteiger partial charge >= 0.3 is 11.4 Å². The number of carbonyl (C=O) groups excluding carboxylic acids is 2. The van der Waals surface area contributed by atoms with Gasteiger partial charge in [0, 0.05) is 38.6 Å². The van der Waals surface area contributed by atoms with E-state index in [9.17, 15) is 19.2 Å². The van der Waals surface area contributed by atoms with Crippen LogP contribution >= 0.6 is 0 Å². The van der Waals surface area contributed by atoms with E-state index in [1.807, 2.05) is 84.3 Å². The lowest BCUT2D eigenvalue weighted by Crippen LogP contribution is -2.48. The van der Waals surface area contributed by atoms with Crippen molar-refractivity contribution >= 4 is 39.5 Å². The van der Waals surface area contributed by atoms with Crippen molar-refractivity contribution < 1.29 is 18.4 Å². The summed E-state index contributed by atoms with van der Waals surface area (Å²) in [5, 5.41) is 0.0434. The molecule has 2 unspecified atom stereocenters. The highest BCUT2D eigenvalue weighted by Crippen LogP contribution is 2.39. The van der Waals surface area contributed by atoms with E-state index in [4.69, 9.17) is 8.85 Å². The fourth-order valence-corrected chi connectivity index (χ4v) is 10.6. The summed E-state index contributed by atoms with van der Waals surface area (Å²) in [5.74, 6) is -0.333. The maximum Gasteiger partial charge on any atom is 0.333 e. The maximum atomic E-state index is 13.7. The predicted octanol–water partition coefficient (Wildman–Crippen LogP) is 7.70. The second kappa shape index (κ2) is 17.5. The summed E-state index contributed by atoms with van der Waals surface area (Å²) in [6.45, 7) is 28.1. The number of aromatic nitrogens is 6. The molecule has 0 saturated carbocycles. The number of nitrogens with zero attached hydrogens (tertiary/aromatic N) is 8. The lowest BCUT2D eigenvalue weighted by molar-refractivity contribution is 0.0643. The molecule has 0 radical (unpaired) electrons. The van der Waals surface area contributed by atoms with E-state index in [0.29, 0.717) is 61.7 Å². The van der Waals surface area contributed by atoms with Crippen LogP contribution in [0.1, 0.15) is 85.0 Å². The van der Waals surface area contributed by atoms with Crippen LogP contribution in [0, 0.1) is 13.8 Å². The Morgan fingerprint density at radius 1 is 0.562 bits per heavy atom. The molecule has 16 heteroatoms. The lowest BCUT2D eigenvalue weighted by Gasteiger charge is -2.39. The molecule has 2 aromatic carbocycles. The fraction of sp³-hybridized carbons (Fsp3) is 0.458. The summed E-state index contributed by atoms with van der Waals surface area (Å²) in [6.07, 6.45) is 6.09. The molecule has 0 spiro atoms. The monoisotopic (exact) mass is 904 g/mol. The van der Waals surface area contributed by atoms with Crippen LogP contribution in [-0.2, 0) is 35.0 Å². The van der Waals surface area contributed by atoms with Crippen molar-refractivity contribution in [2.24, 2.45) is 0 Å². The Morgan fingerprint density at radius 2 is 0.906 bits per heavy atom. The standard InChI is InChI=1S/2C24H32N4O3Si/c2*1-17-13-27-20(12-25-17)21-22(29)26(14-18-10-8-7-9-11-18)15-19(16-28(21)23(27)30)31-32(5,6)24(2,3)4/h2*7-13,19H,14-16H2,1-6H3. The van der Waals surface area contributed by atoms with Gasteiger partial charge < -0.3 is 18.7 Å². The van der Waals surface area contributed by atoms with Crippen molar-refractivity contribution in [3.8, 4) is 0 Å². The molecule has 14 nitrogen and oxygen atoms in total. The Hall–Kier alpha value is -5.43. The molecule has 2 aliphatic heterocycles. The predicted molar refractivity (Wildman–Crippen MR) is 255 cm³/mol. The van der Waals surface area contributed by atoms with Crippen LogP contribution in [0.25, 0.3) is 11.0 Å². The summed E-state index contributed by atoms with van der Waals surface area (Å²) in [5.41, 5.74) is 4.94. The smallest absolute Gasteiger partial charge is 0.333 e. The molecule has 4 aromatic heterocycles. The Kier molecular flexibility index (Phi) is 12.7. The number of amides is 2. The van der Waals surface area contributed by atoms with Crippen molar-refractivity contribution in [2.45, 2.75) is 130 Å². The van der Waals surface area contributed by atoms with Crippen LogP contribution in [0.2, 0.25) is 36.3 Å². The third-order valence-electron chi connectivity index (χ3n) is 13.4. The molecule has 6 heterocycles. The first kappa shape index (κ1) is 46.6. The molecule has 2 aliphatic rings. The first-order valence-electron chi connectivity index (χ1n) is 22.1. The number of imidazole rings is 2. The zero-order valence-corrected chi connectivity index (χ0v) is 41.5. The van der Waals surface area contributed by atoms with Crippen molar-refractivity contribution in [3.63, 3.8) is 0 Å². The normalized spacial score (nSPS) is 17.5. The summed E-state index contributed by atoms with van der Waals surface area (Å²) in [7, 11) is -4.23. The van der Waals surface area contributed by atoms with E-state index in [1.165, 1.54) is 8.80 Å². The molecule has 2 atom stereocenters. The van der Waals surface area contributed by atoms with E-state index in [1.54, 1.807) is 33.9 Å². The van der Waals surface area contributed by atoms with Crippen molar-refractivity contribution in [2.75, 3.05) is 13.1 Å². The van der Waals surface area contributed by atoms with E-state index in [0.717, 1.165) is 22.5 Å². The van der Waals surface area contributed by atoms with Crippen molar-refractivity contribution in [1.82, 2.24) is 37.7 Å². The Labute approximate surface area is 377 Å². The van der Waals surface area contributed by atoms with Gasteiger partial charge in [-0.1, -0.05) is 102 Å². The third kappa shape index (κ3) is 9.37. The number of benzene rings is 2. The van der Waals surface area contributed by atoms with Crippen LogP contribution in [0.3, 0.4) is 0 Å². The molecule has 340 valence electrons. The molecule has 0 bridgehead atoms. The average Bonchev–Trinajstić information content (AvgIpc) is 3.52. The van der Waals surface area contributed by atoms with Gasteiger partial charge in [0.15, 0.2) is 16.6 Å². The zero-order valence-electron chi connectivity index (χ0n) is 39.5. The summed E-state index contributed by atoms with van der Waals surface area (Å²) in [6, 6.07) is 19.9. The zero-order chi connectivity index (χ0) is 46.5. The molecular weight excluding hydrogens is 841 g/mol. The van der Waals surface area contributed by atoms with Gasteiger partial charge in [0.25, 0.3) is 11.8 Å². The van der Waals surface area contributed by atoms with Crippen molar-refractivity contribution in [3.05, 3.63) is 140 Å². The van der Waals surface area contributed by atoms with Crippen molar-refractivity contribution in [1.29, 1.82) is 0 Å². The summed E-state index contributed by atoms with van der Waals surface area (Å²) >= 11 is 0. The molecule has 8 rings (SSSR count). The summed E-state index contributed by atoms with van der Waals surface area (Å²) < 4.78 is 19.7. The van der Waals surface area contributed by atoms with Crippen LogP contribution in [-0.4, -0.2) is 91.4 Å². The minimum atomic E-state index is -2.12. The van der Waals surface area contributed by atoms with E-state index < -0.39 is 16.6 Å². The van der Waals surface area contributed by atoms with Gasteiger partial charge in [-0.15, -0.1) is 0 Å². The number of rotatable bonds is 8. The topological polar surface area (TPSA) is 138 Å². The first-order chi connectivity index (χ1) is 30.0. The minimum absolute atomic E-state index is 0.0217. The van der Waals surface area contributed by atoms with E-state index in [2.05, 4.69) is 77.7 Å². The quantitative estimate of drug-likeness (QED) is 0.142. The first-order valence-corrected chi connectivity index (χ1v) is 27.9. The van der Waals surface area contributed by atoms with Crippen LogP contribution in [0.4, 0.5) is 0 Å². The molecule has 6 aromatic rings. The van der Waals surface area contributed by atoms with Crippen LogP contribution in [0.15, 0.2) is 95.0 Å². The van der Waals surface area contributed by atoms with Gasteiger partial charge in [0.05, 0.1) is 60.1 Å². The van der Waals surface area contributed by atoms with Gasteiger partial charge in [0.1, 0.15) is 11.4 Å². The maximum absolute atomic E-state index is 13.7. The fourth-order valence-electron chi connectivity index (χ4n) is 7.91. The molecule has 2 amide bonds. The summed E-state index contributed by atoms with van der Waals surface area (Å²) in [4.78, 5) is 66.4. The Morgan fingerprint density at radius 3 is 1.23 bits per heavy atom. The number of fused-ring (bicyclic) bond motifs is 6. The molecular formula is C48H64N8O6Si2. The highest BCUT2D eigenvalue weighted by molar-refractivity contribution is 6.74. The number of carbonyl (C=O) groups is 2. The van der Waals surface area contributed by atoms with Gasteiger partial charge in [-0.2, -0.15) is 0 Å². The number of hydrogen-bond donors (Lipinski definition) is 0. The second-order valence-electron chi connectivity index (χ2n) is 20.4.